The summed E-state index contributed by atoms with van der Waals surface area (Å²) in [5.74, 6) is -0.417. The lowest BCUT2D eigenvalue weighted by molar-refractivity contribution is -0.384. The molecule has 1 aliphatic carbocycles. The zero-order chi connectivity index (χ0) is 25.1. The summed E-state index contributed by atoms with van der Waals surface area (Å²) in [4.78, 5) is 29.2. The molecule has 0 heterocycles. The van der Waals surface area contributed by atoms with Gasteiger partial charge in [0, 0.05) is 18.9 Å². The van der Waals surface area contributed by atoms with Crippen LogP contribution in [0.2, 0.25) is 0 Å². The van der Waals surface area contributed by atoms with Gasteiger partial charge in [-0.1, -0.05) is 84.9 Å². The van der Waals surface area contributed by atoms with Gasteiger partial charge in [0.25, 0.3) is 5.69 Å². The fraction of sp³-hybridized carbons (Fsp3) is 0.133. The Labute approximate surface area is 208 Å². The second kappa shape index (κ2) is 9.96. The molecule has 1 fully saturated rings. The van der Waals surface area contributed by atoms with E-state index in [0.29, 0.717) is 12.1 Å². The zero-order valence-corrected chi connectivity index (χ0v) is 19.5. The van der Waals surface area contributed by atoms with Crippen molar-refractivity contribution in [3.05, 3.63) is 130 Å². The van der Waals surface area contributed by atoms with E-state index in [1.807, 2.05) is 72.8 Å². The van der Waals surface area contributed by atoms with Gasteiger partial charge in [0.1, 0.15) is 11.4 Å². The number of aliphatic hydroxyl groups excluding tert-OH is 1. The fourth-order valence-corrected chi connectivity index (χ4v) is 4.86. The lowest BCUT2D eigenvalue weighted by Gasteiger charge is -2.26. The Bertz CT molecular complexity index is 1520. The number of nitro benzene ring substituents is 1. The van der Waals surface area contributed by atoms with E-state index in [1.165, 1.54) is 6.07 Å². The van der Waals surface area contributed by atoms with Gasteiger partial charge in [0.15, 0.2) is 5.78 Å². The largest absolute Gasteiger partial charge is 0.511 e. The number of Topliss-reactive ketones (excluding diaryl/α,β-unsaturated/α-hetero) is 1. The van der Waals surface area contributed by atoms with Crippen molar-refractivity contribution in [2.75, 3.05) is 0 Å². The summed E-state index contributed by atoms with van der Waals surface area (Å²) >= 11 is 0. The summed E-state index contributed by atoms with van der Waals surface area (Å²) < 4.78 is 0. The number of hydrogen-bond acceptors (Lipinski definition) is 5. The predicted molar refractivity (Wildman–Crippen MR) is 141 cm³/mol. The molecule has 1 saturated carbocycles. The average Bonchev–Trinajstić information content (AvgIpc) is 2.89. The normalized spacial score (nSPS) is 18.4. The van der Waals surface area contributed by atoms with Crippen LogP contribution in [-0.4, -0.2) is 21.5 Å². The first-order valence-corrected chi connectivity index (χ1v) is 11.8. The molecule has 1 aliphatic rings. The first-order valence-electron chi connectivity index (χ1n) is 11.8. The van der Waals surface area contributed by atoms with E-state index >= 15 is 0 Å². The molecule has 6 nitrogen and oxygen atoms in total. The Kier molecular flexibility index (Phi) is 6.41. The maximum absolute atomic E-state index is 13.5. The minimum absolute atomic E-state index is 0.0693. The highest BCUT2D eigenvalue weighted by Gasteiger charge is 2.33. The molecule has 4 aromatic carbocycles. The van der Waals surface area contributed by atoms with Crippen molar-refractivity contribution in [3.8, 4) is 0 Å². The molecule has 0 bridgehead atoms. The van der Waals surface area contributed by atoms with E-state index in [1.54, 1.807) is 18.2 Å². The summed E-state index contributed by atoms with van der Waals surface area (Å²) in [5, 5.41) is 24.9. The molecule has 6 heteroatoms. The number of allylic oxidation sites excluding steroid dienone is 2. The third-order valence-corrected chi connectivity index (χ3v) is 6.57. The van der Waals surface area contributed by atoms with Gasteiger partial charge in [0.05, 0.1) is 16.2 Å². The van der Waals surface area contributed by atoms with Gasteiger partial charge in [-0.3, -0.25) is 14.9 Å². The molecule has 36 heavy (non-hydrogen) atoms. The Morgan fingerprint density at radius 3 is 2.39 bits per heavy atom. The topological polar surface area (TPSA) is 92.8 Å². The fourth-order valence-electron chi connectivity index (χ4n) is 4.86. The molecule has 0 spiro atoms. The Hall–Kier alpha value is -4.58. The van der Waals surface area contributed by atoms with Gasteiger partial charge in [-0.15, -0.1) is 0 Å². The van der Waals surface area contributed by atoms with Crippen molar-refractivity contribution in [2.45, 2.75) is 25.2 Å². The zero-order valence-electron chi connectivity index (χ0n) is 19.5. The number of aliphatic imine (C=N–C) groups is 1. The molecule has 4 aromatic rings. The van der Waals surface area contributed by atoms with Crippen molar-refractivity contribution in [1.29, 1.82) is 0 Å². The standard InChI is InChI=1S/C30H24N2O4/c33-28(18-22-13-8-12-21-11-4-5-14-24(21)22)30-26(31-25-15-6-7-16-27(25)32(35)36)17-23(19-29(30)34)20-9-2-1-3-10-20/h1-16,23,33H,17-19H2. The molecule has 0 aliphatic heterocycles. The highest BCUT2D eigenvalue weighted by atomic mass is 16.6. The van der Waals surface area contributed by atoms with Gasteiger partial charge >= 0.3 is 0 Å². The number of nitro groups is 1. The highest BCUT2D eigenvalue weighted by Crippen LogP contribution is 2.36. The van der Waals surface area contributed by atoms with E-state index in [9.17, 15) is 20.0 Å². The summed E-state index contributed by atoms with van der Waals surface area (Å²) in [7, 11) is 0. The third kappa shape index (κ3) is 4.66. The van der Waals surface area contributed by atoms with Crippen LogP contribution >= 0.6 is 0 Å². The van der Waals surface area contributed by atoms with E-state index < -0.39 is 4.92 Å². The molecule has 0 amide bonds. The van der Waals surface area contributed by atoms with Gasteiger partial charge in [-0.25, -0.2) is 4.99 Å². The number of ketones is 1. The number of rotatable bonds is 5. The third-order valence-electron chi connectivity index (χ3n) is 6.57. The highest BCUT2D eigenvalue weighted by molar-refractivity contribution is 6.25. The minimum atomic E-state index is -0.488. The second-order valence-corrected chi connectivity index (χ2v) is 8.88. The van der Waals surface area contributed by atoms with Crippen molar-refractivity contribution in [2.24, 2.45) is 4.99 Å². The van der Waals surface area contributed by atoms with E-state index in [4.69, 9.17) is 0 Å². The number of benzene rings is 4. The van der Waals surface area contributed by atoms with Gasteiger partial charge < -0.3 is 5.11 Å². The molecular formula is C30H24N2O4. The van der Waals surface area contributed by atoms with Gasteiger partial charge in [0.2, 0.25) is 0 Å². The molecule has 1 unspecified atom stereocenters. The lowest BCUT2D eigenvalue weighted by Crippen LogP contribution is -2.27. The summed E-state index contributed by atoms with van der Waals surface area (Å²) in [5.41, 5.74) is 2.43. The number of carbonyl (C=O) groups excluding carboxylic acids is 1. The Morgan fingerprint density at radius 2 is 1.58 bits per heavy atom. The quantitative estimate of drug-likeness (QED) is 0.145. The first-order chi connectivity index (χ1) is 17.5. The van der Waals surface area contributed by atoms with E-state index in [0.717, 1.165) is 21.9 Å². The Balaban J connectivity index is 1.61. The van der Waals surface area contributed by atoms with Gasteiger partial charge in [-0.05, 0) is 40.3 Å². The van der Waals surface area contributed by atoms with Crippen molar-refractivity contribution in [1.82, 2.24) is 0 Å². The molecular weight excluding hydrogens is 452 g/mol. The van der Waals surface area contributed by atoms with Crippen molar-refractivity contribution in [3.63, 3.8) is 0 Å². The molecule has 0 radical (unpaired) electrons. The number of aliphatic hydroxyl groups is 1. The van der Waals surface area contributed by atoms with Crippen LogP contribution in [0.1, 0.15) is 29.9 Å². The van der Waals surface area contributed by atoms with Crippen LogP contribution < -0.4 is 0 Å². The number of hydrogen-bond donors (Lipinski definition) is 1. The van der Waals surface area contributed by atoms with Crippen molar-refractivity contribution >= 4 is 33.6 Å². The summed E-state index contributed by atoms with van der Waals surface area (Å²) in [6.07, 6.45) is 0.778. The molecule has 0 aromatic heterocycles. The molecule has 1 N–H and O–H groups in total. The maximum atomic E-state index is 13.5. The van der Waals surface area contributed by atoms with Crippen LogP contribution in [0.4, 0.5) is 11.4 Å². The van der Waals surface area contributed by atoms with Crippen LogP contribution in [0, 0.1) is 10.1 Å². The number of carbonyl (C=O) groups is 1. The Morgan fingerprint density at radius 1 is 0.889 bits per heavy atom. The molecule has 5 rings (SSSR count). The molecule has 0 saturated heterocycles. The summed E-state index contributed by atoms with van der Waals surface area (Å²) in [6.45, 7) is 0. The first kappa shape index (κ1) is 23.2. The number of nitrogens with zero attached hydrogens (tertiary/aromatic N) is 2. The van der Waals surface area contributed by atoms with Crippen LogP contribution in [0.15, 0.2) is 113 Å². The lowest BCUT2D eigenvalue weighted by atomic mass is 9.78. The van der Waals surface area contributed by atoms with Crippen LogP contribution in [0.3, 0.4) is 0 Å². The average molecular weight is 477 g/mol. The maximum Gasteiger partial charge on any atom is 0.294 e. The van der Waals surface area contributed by atoms with Crippen molar-refractivity contribution < 1.29 is 14.8 Å². The van der Waals surface area contributed by atoms with Crippen LogP contribution in [-0.2, 0) is 11.2 Å². The SMILES string of the molecule is O=C1CC(c2ccccc2)CC(=Nc2ccccc2[N+](=O)[O-])C1=C(O)Cc1cccc2ccccc12. The number of fused-ring (bicyclic) bond motifs is 1. The van der Waals surface area contributed by atoms with E-state index in [-0.39, 0.29) is 47.2 Å². The number of para-hydroxylation sites is 2. The monoisotopic (exact) mass is 476 g/mol. The molecule has 178 valence electrons. The van der Waals surface area contributed by atoms with Gasteiger partial charge in [-0.2, -0.15) is 0 Å². The smallest absolute Gasteiger partial charge is 0.294 e. The predicted octanol–water partition coefficient (Wildman–Crippen LogP) is 7.02. The minimum Gasteiger partial charge on any atom is -0.511 e. The van der Waals surface area contributed by atoms with Crippen LogP contribution in [0.25, 0.3) is 10.8 Å². The second-order valence-electron chi connectivity index (χ2n) is 8.88. The van der Waals surface area contributed by atoms with Crippen LogP contribution in [0.5, 0.6) is 0 Å². The molecule has 1 atom stereocenters. The summed E-state index contributed by atoms with van der Waals surface area (Å²) in [6, 6.07) is 29.6. The van der Waals surface area contributed by atoms with E-state index in [2.05, 4.69) is 4.99 Å².